The number of likely N-dealkylation sites (tertiary alicyclic amines) is 1. The first-order valence-electron chi connectivity index (χ1n) is 11.9. The predicted molar refractivity (Wildman–Crippen MR) is 133 cm³/mol. The van der Waals surface area contributed by atoms with Crippen LogP contribution in [0.4, 0.5) is 9.80 Å². The zero-order valence-corrected chi connectivity index (χ0v) is 20.6. The fourth-order valence-electron chi connectivity index (χ4n) is 4.94. The number of nitrogens with one attached hydrogen (secondary N) is 1. The molecule has 0 spiro atoms. The van der Waals surface area contributed by atoms with Gasteiger partial charge in [-0.15, -0.1) is 11.3 Å². The van der Waals surface area contributed by atoms with Gasteiger partial charge in [0.1, 0.15) is 11.1 Å². The Morgan fingerprint density at radius 3 is 2.53 bits per heavy atom. The van der Waals surface area contributed by atoms with E-state index in [2.05, 4.69) is 10.2 Å². The molecule has 34 heavy (non-hydrogen) atoms. The molecule has 2 saturated heterocycles. The second-order valence-electron chi connectivity index (χ2n) is 8.68. The van der Waals surface area contributed by atoms with E-state index in [0.29, 0.717) is 55.9 Å². The van der Waals surface area contributed by atoms with Crippen molar-refractivity contribution in [1.29, 1.82) is 0 Å². The van der Waals surface area contributed by atoms with E-state index in [4.69, 9.17) is 10.5 Å². The molecule has 3 N–H and O–H groups in total. The predicted octanol–water partition coefficient (Wildman–Crippen LogP) is 2.57. The molecule has 10 heteroatoms. The molecule has 1 atom stereocenters. The van der Waals surface area contributed by atoms with Gasteiger partial charge in [-0.2, -0.15) is 0 Å². The number of urea groups is 1. The van der Waals surface area contributed by atoms with Crippen molar-refractivity contribution in [1.82, 2.24) is 14.7 Å². The Labute approximate surface area is 203 Å². The molecule has 3 heterocycles. The maximum atomic E-state index is 13.5. The molecule has 1 aromatic carbocycles. The summed E-state index contributed by atoms with van der Waals surface area (Å²) in [6.07, 6.45) is 1.24. The molecule has 2 aromatic rings. The van der Waals surface area contributed by atoms with E-state index in [1.165, 1.54) is 11.3 Å². The number of morpholine rings is 1. The minimum Gasteiger partial charge on any atom is -0.366 e. The van der Waals surface area contributed by atoms with Gasteiger partial charge in [0.25, 0.3) is 11.8 Å². The molecule has 1 unspecified atom stereocenters. The molecule has 1 aromatic heterocycles. The van der Waals surface area contributed by atoms with Crippen molar-refractivity contribution in [3.8, 4) is 0 Å². The summed E-state index contributed by atoms with van der Waals surface area (Å²) in [4.78, 5) is 43.8. The molecule has 0 saturated carbocycles. The molecule has 4 amide bonds. The average Bonchev–Trinajstić information content (AvgIpc) is 3.21. The molecule has 0 aliphatic carbocycles. The Kier molecular flexibility index (Phi) is 7.70. The highest BCUT2D eigenvalue weighted by atomic mass is 32.1. The number of nitrogens with zero attached hydrogens (tertiary/aromatic N) is 3. The molecule has 4 rings (SSSR count). The van der Waals surface area contributed by atoms with E-state index >= 15 is 0 Å². The van der Waals surface area contributed by atoms with E-state index in [1.54, 1.807) is 0 Å². The zero-order valence-electron chi connectivity index (χ0n) is 19.8. The van der Waals surface area contributed by atoms with Gasteiger partial charge in [-0.05, 0) is 32.8 Å². The van der Waals surface area contributed by atoms with Crippen LogP contribution in [0.2, 0.25) is 0 Å². The number of rotatable bonds is 6. The van der Waals surface area contributed by atoms with E-state index in [9.17, 15) is 14.4 Å². The number of carbonyl (C=O) groups excluding carboxylic acids is 3. The highest BCUT2D eigenvalue weighted by Gasteiger charge is 2.35. The zero-order chi connectivity index (χ0) is 24.2. The highest BCUT2D eigenvalue weighted by Crippen LogP contribution is 2.37. The van der Waals surface area contributed by atoms with Gasteiger partial charge in [0.05, 0.1) is 12.2 Å². The normalized spacial score (nSPS) is 19.8. The second-order valence-corrected chi connectivity index (χ2v) is 9.73. The van der Waals surface area contributed by atoms with Crippen molar-refractivity contribution in [3.05, 3.63) is 29.8 Å². The van der Waals surface area contributed by atoms with Gasteiger partial charge in [0.2, 0.25) is 0 Å². The van der Waals surface area contributed by atoms with E-state index < -0.39 is 12.1 Å². The van der Waals surface area contributed by atoms with E-state index in [1.807, 2.05) is 47.9 Å². The molecule has 2 aliphatic heterocycles. The van der Waals surface area contributed by atoms with Gasteiger partial charge >= 0.3 is 6.03 Å². The molecule has 0 bridgehead atoms. The van der Waals surface area contributed by atoms with Crippen LogP contribution in [0, 0.1) is 0 Å². The SMILES string of the molecule is CCN(CC)C(=O)C1CN(C2CCN(C(=O)c3c(NC(N)=O)sc4ccccc34)CC2)CCO1. The van der Waals surface area contributed by atoms with Crippen LogP contribution in [0.15, 0.2) is 24.3 Å². The number of benzene rings is 1. The second kappa shape index (κ2) is 10.7. The number of anilines is 1. The number of ether oxygens (including phenoxy) is 1. The smallest absolute Gasteiger partial charge is 0.317 e. The van der Waals surface area contributed by atoms with Gasteiger partial charge in [0.15, 0.2) is 0 Å². The minimum atomic E-state index is -0.680. The fourth-order valence-corrected chi connectivity index (χ4v) is 6.04. The lowest BCUT2D eigenvalue weighted by molar-refractivity contribution is -0.150. The molecular weight excluding hydrogens is 454 g/mol. The first-order chi connectivity index (χ1) is 16.4. The van der Waals surface area contributed by atoms with Crippen molar-refractivity contribution in [2.75, 3.05) is 51.2 Å². The van der Waals surface area contributed by atoms with Crippen LogP contribution >= 0.6 is 11.3 Å². The van der Waals surface area contributed by atoms with Gasteiger partial charge in [-0.1, -0.05) is 18.2 Å². The lowest BCUT2D eigenvalue weighted by atomic mass is 10.0. The Morgan fingerprint density at radius 2 is 1.85 bits per heavy atom. The summed E-state index contributed by atoms with van der Waals surface area (Å²) in [5, 5.41) is 3.95. The lowest BCUT2D eigenvalue weighted by Gasteiger charge is -2.42. The topological polar surface area (TPSA) is 108 Å². The number of nitrogens with two attached hydrogens (primary N) is 1. The fraction of sp³-hybridized carbons (Fsp3) is 0.542. The Morgan fingerprint density at radius 1 is 1.15 bits per heavy atom. The molecule has 2 aliphatic rings. The molecule has 0 radical (unpaired) electrons. The lowest BCUT2D eigenvalue weighted by Crippen LogP contribution is -2.55. The number of thiophene rings is 1. The first-order valence-corrected chi connectivity index (χ1v) is 12.8. The number of likely N-dealkylation sites (N-methyl/N-ethyl adjacent to an activating group) is 1. The summed E-state index contributed by atoms with van der Waals surface area (Å²) in [5.41, 5.74) is 5.86. The van der Waals surface area contributed by atoms with Crippen molar-refractivity contribution in [2.24, 2.45) is 5.73 Å². The van der Waals surface area contributed by atoms with Crippen LogP contribution in [-0.2, 0) is 9.53 Å². The number of hydrogen-bond acceptors (Lipinski definition) is 6. The Balaban J connectivity index is 1.42. The summed E-state index contributed by atoms with van der Waals surface area (Å²) in [5.74, 6) is -0.0302. The monoisotopic (exact) mass is 487 g/mol. The van der Waals surface area contributed by atoms with Crippen LogP contribution in [0.5, 0.6) is 0 Å². The largest absolute Gasteiger partial charge is 0.366 e. The number of piperidine rings is 1. The summed E-state index contributed by atoms with van der Waals surface area (Å²) < 4.78 is 6.73. The third kappa shape index (κ3) is 5.03. The maximum absolute atomic E-state index is 13.5. The third-order valence-corrected chi connectivity index (χ3v) is 7.85. The van der Waals surface area contributed by atoms with Gasteiger partial charge in [-0.3, -0.25) is 19.8 Å². The first kappa shape index (κ1) is 24.4. The summed E-state index contributed by atoms with van der Waals surface area (Å²) >= 11 is 1.36. The van der Waals surface area contributed by atoms with E-state index in [0.717, 1.165) is 29.5 Å². The molecule has 184 valence electrons. The van der Waals surface area contributed by atoms with Gasteiger partial charge in [-0.25, -0.2) is 4.79 Å². The molecular formula is C24H33N5O4S. The van der Waals surface area contributed by atoms with Crippen LogP contribution in [0.25, 0.3) is 10.1 Å². The van der Waals surface area contributed by atoms with Crippen LogP contribution < -0.4 is 11.1 Å². The Bertz CT molecular complexity index is 1050. The van der Waals surface area contributed by atoms with Gasteiger partial charge in [0, 0.05) is 55.4 Å². The number of amides is 4. The number of carbonyl (C=O) groups is 3. The van der Waals surface area contributed by atoms with Crippen molar-refractivity contribution in [2.45, 2.75) is 38.8 Å². The number of primary amides is 1. The van der Waals surface area contributed by atoms with Crippen LogP contribution in [0.1, 0.15) is 37.0 Å². The average molecular weight is 488 g/mol. The number of fused-ring (bicyclic) bond motifs is 1. The van der Waals surface area contributed by atoms with Crippen molar-refractivity contribution in [3.63, 3.8) is 0 Å². The minimum absolute atomic E-state index is 0.0566. The van der Waals surface area contributed by atoms with E-state index in [-0.39, 0.29) is 11.8 Å². The molecule has 9 nitrogen and oxygen atoms in total. The molecule has 2 fully saturated rings. The standard InChI is InChI=1S/C24H33N5O4S/c1-3-27(4-2)22(30)18-15-29(13-14-33-18)16-9-11-28(12-10-16)23(31)20-17-7-5-6-8-19(17)34-21(20)26-24(25)32/h5-8,16,18H,3-4,9-15H2,1-2H3,(H3,25,26,32). The van der Waals surface area contributed by atoms with Gasteiger partial charge < -0.3 is 20.3 Å². The Hall–Kier alpha value is -2.69. The third-order valence-electron chi connectivity index (χ3n) is 6.76. The maximum Gasteiger partial charge on any atom is 0.317 e. The van der Waals surface area contributed by atoms with Crippen LogP contribution in [0.3, 0.4) is 0 Å². The van der Waals surface area contributed by atoms with Crippen molar-refractivity contribution >= 4 is 44.3 Å². The quantitative estimate of drug-likeness (QED) is 0.651. The summed E-state index contributed by atoms with van der Waals surface area (Å²) in [7, 11) is 0. The van der Waals surface area contributed by atoms with Crippen molar-refractivity contribution < 1.29 is 19.1 Å². The number of hydrogen-bond donors (Lipinski definition) is 2. The summed E-state index contributed by atoms with van der Waals surface area (Å²) in [6, 6.07) is 7.26. The summed E-state index contributed by atoms with van der Waals surface area (Å²) in [6.45, 7) is 8.49. The highest BCUT2D eigenvalue weighted by molar-refractivity contribution is 7.23. The van der Waals surface area contributed by atoms with Crippen LogP contribution in [-0.4, -0.2) is 90.6 Å².